The number of fused-ring (bicyclic) bond motifs is 2. The lowest BCUT2D eigenvalue weighted by Gasteiger charge is -2.37. The number of aliphatic hydroxyl groups is 1. The summed E-state index contributed by atoms with van der Waals surface area (Å²) < 4.78 is 7.42. The van der Waals surface area contributed by atoms with Gasteiger partial charge in [-0.25, -0.2) is 9.50 Å². The lowest BCUT2D eigenvalue weighted by molar-refractivity contribution is 0.0652. The van der Waals surface area contributed by atoms with Crippen LogP contribution in [-0.2, 0) is 6.42 Å². The third-order valence-electron chi connectivity index (χ3n) is 4.78. The third kappa shape index (κ3) is 2.70. The van der Waals surface area contributed by atoms with E-state index in [-0.39, 0.29) is 19.1 Å². The highest BCUT2D eigenvalue weighted by Gasteiger charge is 2.37. The maximum absolute atomic E-state index is 12.9. The van der Waals surface area contributed by atoms with Gasteiger partial charge in [0.1, 0.15) is 17.9 Å². The number of ether oxygens (including phenoxy) is 1. The largest absolute Gasteiger partial charge is 0.491 e. The fourth-order valence-electron chi connectivity index (χ4n) is 3.34. The predicted octanol–water partition coefficient (Wildman–Crippen LogP) is 1.44. The van der Waals surface area contributed by atoms with Gasteiger partial charge in [-0.3, -0.25) is 4.79 Å². The van der Waals surface area contributed by atoms with E-state index in [2.05, 4.69) is 15.4 Å². The second kappa shape index (κ2) is 6.10. The van der Waals surface area contributed by atoms with Crippen LogP contribution in [0.3, 0.4) is 0 Å². The number of aryl methyl sites for hydroxylation is 2. The van der Waals surface area contributed by atoms with Crippen molar-refractivity contribution in [2.45, 2.75) is 25.8 Å². The zero-order chi connectivity index (χ0) is 18.3. The van der Waals surface area contributed by atoms with E-state index in [4.69, 9.17) is 4.74 Å². The molecule has 7 nitrogen and oxygen atoms in total. The number of para-hydroxylation sites is 1. The standard InChI is InChI=1S/C19H20N4O3/c1-12-7-17-20-9-15(13(2)23(17)22-12)18(25)21-19(10-24)8-14-5-3-4-6-16(14)26-11-19/h3-7,9,24H,8,10-11H2,1-2H3,(H,21,25). The van der Waals surface area contributed by atoms with E-state index in [1.54, 1.807) is 10.7 Å². The number of hydrogen-bond donors (Lipinski definition) is 2. The van der Waals surface area contributed by atoms with Crippen molar-refractivity contribution in [3.63, 3.8) is 0 Å². The first-order valence-electron chi connectivity index (χ1n) is 8.47. The normalized spacial score (nSPS) is 19.0. The van der Waals surface area contributed by atoms with Crippen LogP contribution in [0.4, 0.5) is 0 Å². The van der Waals surface area contributed by atoms with Gasteiger partial charge in [-0.05, 0) is 25.5 Å². The maximum atomic E-state index is 12.9. The smallest absolute Gasteiger partial charge is 0.255 e. The molecule has 134 valence electrons. The summed E-state index contributed by atoms with van der Waals surface area (Å²) in [7, 11) is 0. The minimum atomic E-state index is -0.868. The fraction of sp³-hybridized carbons (Fsp3) is 0.316. The molecule has 26 heavy (non-hydrogen) atoms. The van der Waals surface area contributed by atoms with Crippen LogP contribution in [0, 0.1) is 13.8 Å². The second-order valence-electron chi connectivity index (χ2n) is 6.78. The van der Waals surface area contributed by atoms with Gasteiger partial charge in [0.05, 0.1) is 23.6 Å². The molecular formula is C19H20N4O3. The van der Waals surface area contributed by atoms with Gasteiger partial charge >= 0.3 is 0 Å². The van der Waals surface area contributed by atoms with Crippen molar-refractivity contribution < 1.29 is 14.6 Å². The van der Waals surface area contributed by atoms with Crippen molar-refractivity contribution in [3.05, 3.63) is 59.0 Å². The molecule has 4 rings (SSSR count). The minimum Gasteiger partial charge on any atom is -0.491 e. The Kier molecular flexibility index (Phi) is 3.88. The Bertz CT molecular complexity index is 998. The highest BCUT2D eigenvalue weighted by Crippen LogP contribution is 2.29. The van der Waals surface area contributed by atoms with Gasteiger partial charge in [0, 0.05) is 18.7 Å². The number of hydrogen-bond acceptors (Lipinski definition) is 5. The van der Waals surface area contributed by atoms with E-state index in [0.29, 0.717) is 23.3 Å². The molecule has 1 aliphatic rings. The van der Waals surface area contributed by atoms with E-state index in [0.717, 1.165) is 17.0 Å². The summed E-state index contributed by atoms with van der Waals surface area (Å²) in [4.78, 5) is 17.2. The van der Waals surface area contributed by atoms with Crippen LogP contribution < -0.4 is 10.1 Å². The second-order valence-corrected chi connectivity index (χ2v) is 6.78. The van der Waals surface area contributed by atoms with Crippen LogP contribution in [0.25, 0.3) is 5.65 Å². The Morgan fingerprint density at radius 3 is 3.00 bits per heavy atom. The van der Waals surface area contributed by atoms with Crippen LogP contribution in [0.1, 0.15) is 27.3 Å². The van der Waals surface area contributed by atoms with Gasteiger partial charge in [-0.1, -0.05) is 18.2 Å². The number of aliphatic hydroxyl groups excluding tert-OH is 1. The van der Waals surface area contributed by atoms with Crippen LogP contribution >= 0.6 is 0 Å². The molecule has 1 unspecified atom stereocenters. The number of nitrogens with one attached hydrogen (secondary N) is 1. The minimum absolute atomic E-state index is 0.210. The lowest BCUT2D eigenvalue weighted by Crippen LogP contribution is -2.58. The molecule has 7 heteroatoms. The van der Waals surface area contributed by atoms with E-state index < -0.39 is 5.54 Å². The summed E-state index contributed by atoms with van der Waals surface area (Å²) in [6.45, 7) is 3.70. The quantitative estimate of drug-likeness (QED) is 0.745. The molecule has 3 heterocycles. The van der Waals surface area contributed by atoms with Crippen LogP contribution in [0.2, 0.25) is 0 Å². The predicted molar refractivity (Wildman–Crippen MR) is 95.4 cm³/mol. The van der Waals surface area contributed by atoms with Gasteiger partial charge in [0.2, 0.25) is 0 Å². The lowest BCUT2D eigenvalue weighted by atomic mass is 9.89. The summed E-state index contributed by atoms with van der Waals surface area (Å²) in [5, 5.41) is 17.3. The first-order valence-corrected chi connectivity index (χ1v) is 8.47. The first kappa shape index (κ1) is 16.5. The number of benzene rings is 1. The van der Waals surface area contributed by atoms with Crippen molar-refractivity contribution >= 4 is 11.6 Å². The van der Waals surface area contributed by atoms with Gasteiger partial charge in [0.15, 0.2) is 5.65 Å². The molecule has 0 radical (unpaired) electrons. The van der Waals surface area contributed by atoms with E-state index in [9.17, 15) is 9.90 Å². The van der Waals surface area contributed by atoms with E-state index in [1.807, 2.05) is 44.2 Å². The molecule has 3 aromatic rings. The summed E-state index contributed by atoms with van der Waals surface area (Å²) in [6, 6.07) is 9.51. The van der Waals surface area contributed by atoms with Gasteiger partial charge in [-0.2, -0.15) is 5.10 Å². The van der Waals surface area contributed by atoms with Gasteiger partial charge in [0.25, 0.3) is 5.91 Å². The third-order valence-corrected chi connectivity index (χ3v) is 4.78. The van der Waals surface area contributed by atoms with Crippen LogP contribution in [0.15, 0.2) is 36.5 Å². The average Bonchev–Trinajstić information content (AvgIpc) is 3.03. The number of amides is 1. The van der Waals surface area contributed by atoms with E-state index in [1.165, 1.54) is 0 Å². The topological polar surface area (TPSA) is 88.8 Å². The Hall–Kier alpha value is -2.93. The molecule has 2 N–H and O–H groups in total. The molecule has 1 atom stereocenters. The number of rotatable bonds is 3. The zero-order valence-electron chi connectivity index (χ0n) is 14.7. The molecule has 0 spiro atoms. The molecule has 0 saturated carbocycles. The Morgan fingerprint density at radius 2 is 2.19 bits per heavy atom. The first-order chi connectivity index (χ1) is 12.5. The molecule has 1 aromatic carbocycles. The summed E-state index contributed by atoms with van der Waals surface area (Å²) in [6.07, 6.45) is 2.05. The molecule has 0 aliphatic carbocycles. The summed E-state index contributed by atoms with van der Waals surface area (Å²) in [5.41, 5.74) is 2.75. The van der Waals surface area contributed by atoms with Gasteiger partial charge in [-0.15, -0.1) is 0 Å². The Balaban J connectivity index is 1.64. The molecule has 0 saturated heterocycles. The average molecular weight is 352 g/mol. The molecule has 0 bridgehead atoms. The molecule has 2 aromatic heterocycles. The molecule has 1 aliphatic heterocycles. The summed E-state index contributed by atoms with van der Waals surface area (Å²) >= 11 is 0. The monoisotopic (exact) mass is 352 g/mol. The van der Waals surface area contributed by atoms with Gasteiger partial charge < -0.3 is 15.2 Å². The number of nitrogens with zero attached hydrogens (tertiary/aromatic N) is 3. The van der Waals surface area contributed by atoms with Crippen LogP contribution in [0.5, 0.6) is 5.75 Å². The Labute approximate surface area is 150 Å². The SMILES string of the molecule is Cc1cc2ncc(C(=O)NC3(CO)COc4ccccc4C3)c(C)n2n1. The van der Waals surface area contributed by atoms with Crippen molar-refractivity contribution in [1.82, 2.24) is 19.9 Å². The number of aromatic nitrogens is 3. The van der Waals surface area contributed by atoms with Crippen molar-refractivity contribution in [2.24, 2.45) is 0 Å². The number of carbonyl (C=O) groups is 1. The maximum Gasteiger partial charge on any atom is 0.255 e. The summed E-state index contributed by atoms with van der Waals surface area (Å²) in [5.74, 6) is 0.485. The van der Waals surface area contributed by atoms with Crippen molar-refractivity contribution in [3.8, 4) is 5.75 Å². The zero-order valence-corrected chi connectivity index (χ0v) is 14.7. The van der Waals surface area contributed by atoms with E-state index >= 15 is 0 Å². The van der Waals surface area contributed by atoms with Crippen molar-refractivity contribution in [2.75, 3.05) is 13.2 Å². The molecule has 1 amide bonds. The number of carbonyl (C=O) groups excluding carboxylic acids is 1. The highest BCUT2D eigenvalue weighted by molar-refractivity contribution is 5.95. The molecular weight excluding hydrogens is 332 g/mol. The Morgan fingerprint density at radius 1 is 1.38 bits per heavy atom. The highest BCUT2D eigenvalue weighted by atomic mass is 16.5. The van der Waals surface area contributed by atoms with Crippen LogP contribution in [-0.4, -0.2) is 44.4 Å². The van der Waals surface area contributed by atoms with Crippen molar-refractivity contribution in [1.29, 1.82) is 0 Å². The molecule has 0 fully saturated rings. The fourth-order valence-corrected chi connectivity index (χ4v) is 3.34.